The fourth-order valence-corrected chi connectivity index (χ4v) is 1.43. The number of methoxy groups -OCH3 is 1. The Morgan fingerprint density at radius 1 is 1.47 bits per heavy atom. The van der Waals surface area contributed by atoms with Crippen LogP contribution in [0.1, 0.15) is 18.4 Å². The van der Waals surface area contributed by atoms with Gasteiger partial charge < -0.3 is 4.74 Å². The van der Waals surface area contributed by atoms with Crippen molar-refractivity contribution < 1.29 is 9.53 Å². The highest BCUT2D eigenvalue weighted by molar-refractivity contribution is 5.96. The van der Waals surface area contributed by atoms with Crippen LogP contribution in [0.5, 0.6) is 5.75 Å². The van der Waals surface area contributed by atoms with Gasteiger partial charge in [0.05, 0.1) is 7.11 Å². The Hall–Kier alpha value is -1.57. The van der Waals surface area contributed by atoms with Gasteiger partial charge in [-0.05, 0) is 36.6 Å². The monoisotopic (exact) mass is 202 g/mol. The molecule has 1 saturated carbocycles. The van der Waals surface area contributed by atoms with Gasteiger partial charge in [0.2, 0.25) is 0 Å². The molecule has 0 spiro atoms. The number of benzene rings is 1. The highest BCUT2D eigenvalue weighted by Gasteiger charge is 2.27. The first kappa shape index (κ1) is 9.97. The lowest BCUT2D eigenvalue weighted by atomic mass is 10.1. The third kappa shape index (κ3) is 2.69. The van der Waals surface area contributed by atoms with Gasteiger partial charge >= 0.3 is 0 Å². The molecule has 1 aliphatic rings. The summed E-state index contributed by atoms with van der Waals surface area (Å²) in [4.78, 5) is 11.4. The predicted molar refractivity (Wildman–Crippen MR) is 59.8 cm³/mol. The van der Waals surface area contributed by atoms with Crippen LogP contribution in [0, 0.1) is 5.92 Å². The van der Waals surface area contributed by atoms with Gasteiger partial charge in [-0.3, -0.25) is 4.79 Å². The number of ketones is 1. The Morgan fingerprint density at radius 3 is 2.93 bits per heavy atom. The molecular weight excluding hydrogens is 188 g/mol. The molecule has 1 aliphatic carbocycles. The van der Waals surface area contributed by atoms with Crippen LogP contribution in [0.25, 0.3) is 6.08 Å². The fraction of sp³-hybridized carbons (Fsp3) is 0.308. The Balaban J connectivity index is 2.05. The summed E-state index contributed by atoms with van der Waals surface area (Å²) in [6.07, 6.45) is 5.64. The molecule has 2 rings (SSSR count). The maximum Gasteiger partial charge on any atom is 0.158 e. The number of rotatable bonds is 4. The third-order valence-corrected chi connectivity index (χ3v) is 2.51. The summed E-state index contributed by atoms with van der Waals surface area (Å²) < 4.78 is 5.10. The Bertz CT molecular complexity index is 389. The molecule has 1 aromatic rings. The molecule has 0 saturated heterocycles. The molecule has 15 heavy (non-hydrogen) atoms. The minimum Gasteiger partial charge on any atom is -0.497 e. The van der Waals surface area contributed by atoms with Crippen LogP contribution in [0.2, 0.25) is 0 Å². The molecule has 2 nitrogen and oxygen atoms in total. The highest BCUT2D eigenvalue weighted by Crippen LogP contribution is 2.30. The summed E-state index contributed by atoms with van der Waals surface area (Å²) >= 11 is 0. The van der Waals surface area contributed by atoms with Gasteiger partial charge in [0.15, 0.2) is 5.78 Å². The molecule has 0 bridgehead atoms. The molecule has 0 amide bonds. The van der Waals surface area contributed by atoms with Crippen molar-refractivity contribution in [3.63, 3.8) is 0 Å². The number of carbonyl (C=O) groups excluding carboxylic acids is 1. The van der Waals surface area contributed by atoms with Crippen LogP contribution >= 0.6 is 0 Å². The molecule has 0 atom stereocenters. The Labute approximate surface area is 89.6 Å². The van der Waals surface area contributed by atoms with Crippen molar-refractivity contribution in [2.75, 3.05) is 7.11 Å². The normalized spacial score (nSPS) is 15.5. The van der Waals surface area contributed by atoms with Crippen LogP contribution in [-0.2, 0) is 4.79 Å². The lowest BCUT2D eigenvalue weighted by Gasteiger charge is -1.99. The van der Waals surface area contributed by atoms with E-state index in [1.54, 1.807) is 13.2 Å². The SMILES string of the molecule is COc1cccc(C=CC(=O)C2CC2)c1. The van der Waals surface area contributed by atoms with E-state index in [2.05, 4.69) is 0 Å². The molecule has 0 radical (unpaired) electrons. The number of carbonyl (C=O) groups is 1. The van der Waals surface area contributed by atoms with Crippen molar-refractivity contribution in [3.8, 4) is 5.75 Å². The van der Waals surface area contributed by atoms with Gasteiger partial charge in [0.25, 0.3) is 0 Å². The van der Waals surface area contributed by atoms with Crippen molar-refractivity contribution >= 4 is 11.9 Å². The Kier molecular flexibility index (Phi) is 2.86. The molecule has 0 unspecified atom stereocenters. The van der Waals surface area contributed by atoms with Crippen LogP contribution in [-0.4, -0.2) is 12.9 Å². The Morgan fingerprint density at radius 2 is 2.27 bits per heavy atom. The molecular formula is C13H14O2. The number of allylic oxidation sites excluding steroid dienone is 1. The first-order valence-corrected chi connectivity index (χ1v) is 5.15. The maximum atomic E-state index is 11.4. The summed E-state index contributed by atoms with van der Waals surface area (Å²) in [6, 6.07) is 7.68. The third-order valence-electron chi connectivity index (χ3n) is 2.51. The molecule has 0 aliphatic heterocycles. The summed E-state index contributed by atoms with van der Waals surface area (Å²) in [5.41, 5.74) is 1.00. The van der Waals surface area contributed by atoms with Crippen molar-refractivity contribution in [2.24, 2.45) is 5.92 Å². The summed E-state index contributed by atoms with van der Waals surface area (Å²) in [5, 5.41) is 0. The number of ether oxygens (including phenoxy) is 1. The standard InChI is InChI=1S/C13H14O2/c1-15-12-4-2-3-10(9-12)5-8-13(14)11-6-7-11/h2-5,8-9,11H,6-7H2,1H3. The average molecular weight is 202 g/mol. The van der Waals surface area contributed by atoms with E-state index in [4.69, 9.17) is 4.74 Å². The van der Waals surface area contributed by atoms with Gasteiger partial charge in [-0.1, -0.05) is 18.2 Å². The lowest BCUT2D eigenvalue weighted by molar-refractivity contribution is -0.115. The molecule has 0 aromatic heterocycles. The second-order valence-electron chi connectivity index (χ2n) is 3.79. The fourth-order valence-electron chi connectivity index (χ4n) is 1.43. The van der Waals surface area contributed by atoms with Crippen LogP contribution < -0.4 is 4.74 Å². The topological polar surface area (TPSA) is 26.3 Å². The molecule has 2 heteroatoms. The van der Waals surface area contributed by atoms with E-state index in [0.29, 0.717) is 5.92 Å². The van der Waals surface area contributed by atoms with E-state index in [9.17, 15) is 4.79 Å². The second-order valence-corrected chi connectivity index (χ2v) is 3.79. The minimum atomic E-state index is 0.248. The molecule has 1 fully saturated rings. The lowest BCUT2D eigenvalue weighted by Crippen LogP contribution is -1.93. The van der Waals surface area contributed by atoms with E-state index in [-0.39, 0.29) is 5.78 Å². The van der Waals surface area contributed by atoms with Gasteiger partial charge in [0, 0.05) is 5.92 Å². The van der Waals surface area contributed by atoms with Crippen LogP contribution in [0.4, 0.5) is 0 Å². The summed E-state index contributed by atoms with van der Waals surface area (Å²) in [6.45, 7) is 0. The van der Waals surface area contributed by atoms with Gasteiger partial charge in [0.1, 0.15) is 5.75 Å². The van der Waals surface area contributed by atoms with Crippen molar-refractivity contribution in [3.05, 3.63) is 35.9 Å². The summed E-state index contributed by atoms with van der Waals surface area (Å²) in [5.74, 6) is 1.36. The molecule has 78 valence electrons. The van der Waals surface area contributed by atoms with Crippen molar-refractivity contribution in [2.45, 2.75) is 12.8 Å². The van der Waals surface area contributed by atoms with Gasteiger partial charge in [-0.2, -0.15) is 0 Å². The maximum absolute atomic E-state index is 11.4. The highest BCUT2D eigenvalue weighted by atomic mass is 16.5. The zero-order valence-electron chi connectivity index (χ0n) is 8.77. The van der Waals surface area contributed by atoms with Crippen LogP contribution in [0.3, 0.4) is 0 Å². The van der Waals surface area contributed by atoms with Crippen molar-refractivity contribution in [1.82, 2.24) is 0 Å². The average Bonchev–Trinajstić information content (AvgIpc) is 3.10. The number of hydrogen-bond acceptors (Lipinski definition) is 2. The first-order chi connectivity index (χ1) is 7.29. The summed E-state index contributed by atoms with van der Waals surface area (Å²) in [7, 11) is 1.64. The zero-order valence-corrected chi connectivity index (χ0v) is 8.77. The van der Waals surface area contributed by atoms with E-state index >= 15 is 0 Å². The number of hydrogen-bond donors (Lipinski definition) is 0. The van der Waals surface area contributed by atoms with Crippen LogP contribution in [0.15, 0.2) is 30.3 Å². The van der Waals surface area contributed by atoms with Gasteiger partial charge in [-0.25, -0.2) is 0 Å². The van der Waals surface area contributed by atoms with E-state index in [1.807, 2.05) is 30.3 Å². The molecule has 0 N–H and O–H groups in total. The predicted octanol–water partition coefficient (Wildman–Crippen LogP) is 2.69. The second kappa shape index (κ2) is 4.30. The molecule has 1 aromatic carbocycles. The van der Waals surface area contributed by atoms with E-state index in [1.165, 1.54) is 0 Å². The minimum absolute atomic E-state index is 0.248. The van der Waals surface area contributed by atoms with Crippen molar-refractivity contribution in [1.29, 1.82) is 0 Å². The largest absolute Gasteiger partial charge is 0.497 e. The van der Waals surface area contributed by atoms with E-state index in [0.717, 1.165) is 24.2 Å². The zero-order chi connectivity index (χ0) is 10.7. The first-order valence-electron chi connectivity index (χ1n) is 5.15. The molecule has 0 heterocycles. The smallest absolute Gasteiger partial charge is 0.158 e. The van der Waals surface area contributed by atoms with E-state index < -0.39 is 0 Å². The quantitative estimate of drug-likeness (QED) is 0.702. The van der Waals surface area contributed by atoms with Gasteiger partial charge in [-0.15, -0.1) is 0 Å².